The van der Waals surface area contributed by atoms with E-state index in [4.69, 9.17) is 3.32 Å². The van der Waals surface area contributed by atoms with E-state index in [2.05, 4.69) is 83.1 Å². The second kappa shape index (κ2) is 50.7. The standard InChI is InChI=1S/2C36H66O3S.O.Ti/c2*1-7-9-11-13-15-17-19-21-23-25-27-32-34(30(3)4)29-35(40(37,38)39)33(36(32)31(5)6)28-26-24-22-20-18-16-14-12-10-8-2;;/h2*29-31H,7-28H2,1-6H3,(H,37,38,39);;/q;;;+2/p-2. The summed E-state index contributed by atoms with van der Waals surface area (Å²) in [5.41, 5.74) is 8.78. The fourth-order valence-corrected chi connectivity index (χ4v) is 14.2. The van der Waals surface area contributed by atoms with E-state index in [1.807, 2.05) is 0 Å². The molecule has 0 amide bonds. The SMILES string of the molecule is CCCCCCCCCCCCc1c(C(C)C)cc(S(=O)(=O)[O-])c(CCCCCCCCCCCC)c1C(C)C.CCCCCCCCCCCCc1c(C(C)C)cc(S(=O)(=O)[O-])c(CCCCCCCCCCCC)c1C(C)C.[O]=[Ti+2]. The molecular weight excluding hydrogens is 1090 g/mol. The number of hydrogen-bond donors (Lipinski definition) is 0. The molecule has 82 heavy (non-hydrogen) atoms. The van der Waals surface area contributed by atoms with Crippen LogP contribution in [0.2, 0.25) is 0 Å². The van der Waals surface area contributed by atoms with Gasteiger partial charge in [-0.3, -0.25) is 0 Å². The molecule has 10 heteroatoms. The first-order chi connectivity index (χ1) is 39.3. The van der Waals surface area contributed by atoms with Crippen molar-refractivity contribution in [3.05, 3.63) is 56.6 Å². The van der Waals surface area contributed by atoms with Crippen molar-refractivity contribution in [1.29, 1.82) is 0 Å². The van der Waals surface area contributed by atoms with Crippen molar-refractivity contribution < 1.29 is 49.7 Å². The van der Waals surface area contributed by atoms with Gasteiger partial charge in [0.25, 0.3) is 0 Å². The van der Waals surface area contributed by atoms with Gasteiger partial charge in [-0.2, -0.15) is 0 Å². The summed E-state index contributed by atoms with van der Waals surface area (Å²) in [5, 5.41) is 0. The summed E-state index contributed by atoms with van der Waals surface area (Å²) < 4.78 is 83.2. The molecule has 2 aromatic rings. The van der Waals surface area contributed by atoms with Crippen molar-refractivity contribution in [2.24, 2.45) is 0 Å². The van der Waals surface area contributed by atoms with Crippen LogP contribution in [0.5, 0.6) is 0 Å². The molecule has 7 nitrogen and oxygen atoms in total. The molecule has 0 aliphatic heterocycles. The Morgan fingerprint density at radius 2 is 0.463 bits per heavy atom. The van der Waals surface area contributed by atoms with E-state index in [1.54, 1.807) is 12.1 Å². The van der Waals surface area contributed by atoms with Gasteiger partial charge in [0.05, 0.1) is 9.79 Å². The third kappa shape index (κ3) is 36.2. The Kier molecular flexibility index (Phi) is 50.0. The average Bonchev–Trinajstić information content (AvgIpc) is 3.62. The minimum atomic E-state index is -4.52. The van der Waals surface area contributed by atoms with Crippen LogP contribution in [0.1, 0.15) is 408 Å². The molecule has 0 unspecified atom stereocenters. The van der Waals surface area contributed by atoms with Crippen molar-refractivity contribution in [1.82, 2.24) is 0 Å². The van der Waals surface area contributed by atoms with Gasteiger partial charge in [-0.05, 0) is 132 Å². The zero-order chi connectivity index (χ0) is 61.6. The Balaban J connectivity index is 0.00000155. The van der Waals surface area contributed by atoms with Crippen LogP contribution in [0.3, 0.4) is 0 Å². The second-order valence-corrected chi connectivity index (χ2v) is 28.6. The van der Waals surface area contributed by atoms with Gasteiger partial charge in [0.15, 0.2) is 0 Å². The normalized spacial score (nSPS) is 12.0. The molecule has 476 valence electrons. The van der Waals surface area contributed by atoms with Gasteiger partial charge in [-0.1, -0.05) is 314 Å². The van der Waals surface area contributed by atoms with Gasteiger partial charge in [0.1, 0.15) is 20.2 Å². The summed E-state index contributed by atoms with van der Waals surface area (Å²) in [7, 11) is -9.04. The average molecular weight is 1220 g/mol. The summed E-state index contributed by atoms with van der Waals surface area (Å²) >= 11 is 0.750. The Bertz CT molecular complexity index is 1950. The quantitative estimate of drug-likeness (QED) is 0.0366. The van der Waals surface area contributed by atoms with E-state index in [-0.39, 0.29) is 33.5 Å². The first kappa shape index (κ1) is 80.8. The van der Waals surface area contributed by atoms with E-state index in [9.17, 15) is 25.9 Å². The molecule has 2 rings (SSSR count). The molecule has 0 radical (unpaired) electrons. The topological polar surface area (TPSA) is 131 Å². The van der Waals surface area contributed by atoms with E-state index in [1.165, 1.54) is 229 Å². The zero-order valence-corrected chi connectivity index (χ0v) is 58.9. The van der Waals surface area contributed by atoms with E-state index in [0.29, 0.717) is 12.8 Å². The molecule has 0 fully saturated rings. The third-order valence-corrected chi connectivity index (χ3v) is 19.0. The van der Waals surface area contributed by atoms with Crippen LogP contribution in [0.25, 0.3) is 0 Å². The van der Waals surface area contributed by atoms with Crippen LogP contribution >= 0.6 is 0 Å². The van der Waals surface area contributed by atoms with Gasteiger partial charge in [-0.25, -0.2) is 16.8 Å². The molecule has 0 aromatic heterocycles. The van der Waals surface area contributed by atoms with Crippen molar-refractivity contribution in [2.75, 3.05) is 0 Å². The first-order valence-electron chi connectivity index (χ1n) is 34.8. The van der Waals surface area contributed by atoms with Gasteiger partial charge in [-0.15, -0.1) is 0 Å². The molecule has 0 saturated carbocycles. The first-order valence-corrected chi connectivity index (χ1v) is 38.2. The van der Waals surface area contributed by atoms with E-state index < -0.39 is 20.2 Å². The fraction of sp³-hybridized carbons (Fsp3) is 0.833. The Hall–Kier alpha value is -1.23. The van der Waals surface area contributed by atoms with Gasteiger partial charge in [0, 0.05) is 0 Å². The van der Waals surface area contributed by atoms with Crippen molar-refractivity contribution in [3.8, 4) is 0 Å². The van der Waals surface area contributed by atoms with Crippen LogP contribution in [0.15, 0.2) is 21.9 Å². The Morgan fingerprint density at radius 3 is 0.622 bits per heavy atom. The molecule has 0 spiro atoms. The molecule has 2 aromatic carbocycles. The molecule has 0 saturated heterocycles. The maximum absolute atomic E-state index is 12.5. The summed E-state index contributed by atoms with van der Waals surface area (Å²) in [6.07, 6.45) is 54.5. The number of unbranched alkanes of at least 4 members (excludes halogenated alkanes) is 36. The van der Waals surface area contributed by atoms with Gasteiger partial charge < -0.3 is 9.11 Å². The fourth-order valence-electron chi connectivity index (χ4n) is 12.7. The van der Waals surface area contributed by atoms with Crippen LogP contribution in [-0.2, 0) is 69.6 Å². The monoisotopic (exact) mass is 1220 g/mol. The minimum absolute atomic E-state index is 0.0580. The molecule has 0 N–H and O–H groups in total. The Labute approximate surface area is 522 Å². The van der Waals surface area contributed by atoms with Crippen LogP contribution < -0.4 is 0 Å². The van der Waals surface area contributed by atoms with E-state index in [0.717, 1.165) is 105 Å². The number of rotatable bonds is 50. The molecule has 0 aliphatic carbocycles. The summed E-state index contributed by atoms with van der Waals surface area (Å²) in [6.45, 7) is 26.2. The van der Waals surface area contributed by atoms with Crippen LogP contribution in [0, 0.1) is 0 Å². The second-order valence-electron chi connectivity index (χ2n) is 25.9. The summed E-state index contributed by atoms with van der Waals surface area (Å²) in [4.78, 5) is 0.116. The number of benzene rings is 2. The molecule has 0 bridgehead atoms. The van der Waals surface area contributed by atoms with Crippen molar-refractivity contribution >= 4 is 20.2 Å². The predicted molar refractivity (Wildman–Crippen MR) is 348 cm³/mol. The predicted octanol–water partition coefficient (Wildman–Crippen LogP) is 23.4. The number of hydrogen-bond acceptors (Lipinski definition) is 7. The van der Waals surface area contributed by atoms with Crippen molar-refractivity contribution in [2.45, 2.75) is 399 Å². The molecule has 0 aliphatic rings. The Morgan fingerprint density at radius 1 is 0.293 bits per heavy atom. The molecular formula is C72H130O7S2Ti. The maximum atomic E-state index is 12.5. The van der Waals surface area contributed by atoms with Gasteiger partial charge in [0.2, 0.25) is 0 Å². The molecule has 0 atom stereocenters. The zero-order valence-electron chi connectivity index (χ0n) is 55.8. The van der Waals surface area contributed by atoms with Gasteiger partial charge >= 0.3 is 23.7 Å². The van der Waals surface area contributed by atoms with Crippen molar-refractivity contribution in [3.63, 3.8) is 0 Å². The van der Waals surface area contributed by atoms with E-state index >= 15 is 0 Å². The summed E-state index contributed by atoms with van der Waals surface area (Å²) in [5.74, 6) is 0.802. The summed E-state index contributed by atoms with van der Waals surface area (Å²) in [6, 6.07) is 3.52. The van der Waals surface area contributed by atoms with Crippen LogP contribution in [0.4, 0.5) is 0 Å². The van der Waals surface area contributed by atoms with Crippen LogP contribution in [-0.4, -0.2) is 25.9 Å². The third-order valence-electron chi connectivity index (χ3n) is 17.2. The molecule has 0 heterocycles.